The highest BCUT2D eigenvalue weighted by molar-refractivity contribution is 6.12. The summed E-state index contributed by atoms with van der Waals surface area (Å²) in [5.41, 5.74) is 19.0. The molecule has 3 aliphatic carbocycles. The molecule has 0 fully saturated rings. The van der Waals surface area contributed by atoms with Gasteiger partial charge in [-0.3, -0.25) is 4.99 Å². The van der Waals surface area contributed by atoms with Crippen molar-refractivity contribution in [2.45, 2.75) is 77.2 Å². The van der Waals surface area contributed by atoms with Crippen molar-refractivity contribution in [1.82, 2.24) is 4.57 Å². The minimum absolute atomic E-state index is 0.0251. The molecule has 4 aliphatic rings. The summed E-state index contributed by atoms with van der Waals surface area (Å²) in [6, 6.07) is 41.2. The Kier molecular flexibility index (Phi) is 7.88. The summed E-state index contributed by atoms with van der Waals surface area (Å²) in [6.07, 6.45) is 17.0. The normalized spacial score (nSPS) is 23.4. The van der Waals surface area contributed by atoms with E-state index in [2.05, 4.69) is 172 Å². The van der Waals surface area contributed by atoms with Crippen LogP contribution in [0.1, 0.15) is 105 Å². The molecule has 2 nitrogen and oxygen atoms in total. The van der Waals surface area contributed by atoms with Gasteiger partial charge in [0.15, 0.2) is 0 Å². The van der Waals surface area contributed by atoms with Gasteiger partial charge in [0.1, 0.15) is 0 Å². The van der Waals surface area contributed by atoms with Crippen LogP contribution in [0.2, 0.25) is 0 Å². The van der Waals surface area contributed by atoms with Gasteiger partial charge in [0.05, 0.1) is 17.1 Å². The molecule has 0 amide bonds. The molecule has 1 aromatic heterocycles. The standard InChI is InChI=1S/C52H48N2/c1-5-36-47(54-48-27-14-12-22-39(48)43-31-45-42(32-49(43)54)38-21-11-13-25-44(38)52(45,3)4)28-16-26-46(53-51(36)35-18-7-6-8-19-35)41-24-15-23-40-37-20-10-9-17-34(37)30-29-33(2)50(40)41/h6-9,11-15,17-19,21-25,27-33,36,51H,5,10,16,20,26H2,1-4H3/b47-28+,53-46+/t33-,36?,51?/m0/s1. The van der Waals surface area contributed by atoms with Gasteiger partial charge < -0.3 is 4.57 Å². The van der Waals surface area contributed by atoms with Gasteiger partial charge >= 0.3 is 0 Å². The molecule has 2 unspecified atom stereocenters. The summed E-state index contributed by atoms with van der Waals surface area (Å²) in [4.78, 5) is 5.94. The fourth-order valence-electron chi connectivity index (χ4n) is 10.3. The molecule has 1 aliphatic heterocycles. The third-order valence-corrected chi connectivity index (χ3v) is 13.0. The fourth-order valence-corrected chi connectivity index (χ4v) is 10.3. The Morgan fingerprint density at radius 1 is 0.704 bits per heavy atom. The Morgan fingerprint density at radius 3 is 2.35 bits per heavy atom. The van der Waals surface area contributed by atoms with Crippen LogP contribution in [0.25, 0.3) is 44.2 Å². The lowest BCUT2D eigenvalue weighted by molar-refractivity contribution is 0.505. The van der Waals surface area contributed by atoms with Crippen molar-refractivity contribution in [3.05, 3.63) is 179 Å². The summed E-state index contributed by atoms with van der Waals surface area (Å²) < 4.78 is 2.62. The van der Waals surface area contributed by atoms with E-state index in [4.69, 9.17) is 4.99 Å². The number of rotatable bonds is 4. The predicted octanol–water partition coefficient (Wildman–Crippen LogP) is 13.8. The zero-order chi connectivity index (χ0) is 36.6. The second kappa shape index (κ2) is 12.8. The maximum atomic E-state index is 5.94. The molecule has 0 saturated heterocycles. The summed E-state index contributed by atoms with van der Waals surface area (Å²) >= 11 is 0. The average molecular weight is 701 g/mol. The van der Waals surface area contributed by atoms with Crippen molar-refractivity contribution in [2.24, 2.45) is 10.9 Å². The average Bonchev–Trinajstić information content (AvgIpc) is 3.57. The van der Waals surface area contributed by atoms with E-state index in [1.165, 1.54) is 88.9 Å². The second-order valence-corrected chi connectivity index (χ2v) is 16.3. The van der Waals surface area contributed by atoms with Crippen LogP contribution in [0.15, 0.2) is 150 Å². The first kappa shape index (κ1) is 33.1. The van der Waals surface area contributed by atoms with Gasteiger partial charge in [-0.15, -0.1) is 0 Å². The number of nitrogens with zero attached hydrogens (tertiary/aromatic N) is 2. The van der Waals surface area contributed by atoms with Crippen LogP contribution >= 0.6 is 0 Å². The zero-order valence-electron chi connectivity index (χ0n) is 31.9. The number of aromatic nitrogens is 1. The van der Waals surface area contributed by atoms with Gasteiger partial charge in [0.25, 0.3) is 0 Å². The topological polar surface area (TPSA) is 17.3 Å². The molecule has 3 atom stereocenters. The van der Waals surface area contributed by atoms with E-state index < -0.39 is 0 Å². The first-order valence-electron chi connectivity index (χ1n) is 20.1. The Morgan fingerprint density at radius 2 is 1.48 bits per heavy atom. The molecule has 0 radical (unpaired) electrons. The molecule has 0 spiro atoms. The van der Waals surface area contributed by atoms with Crippen LogP contribution in [0.3, 0.4) is 0 Å². The van der Waals surface area contributed by atoms with Gasteiger partial charge in [0.2, 0.25) is 0 Å². The Labute approximate surface area is 320 Å². The molecule has 54 heavy (non-hydrogen) atoms. The molecule has 0 N–H and O–H groups in total. The summed E-state index contributed by atoms with van der Waals surface area (Å²) in [6.45, 7) is 9.50. The number of benzene rings is 5. The smallest absolute Gasteiger partial charge is 0.0835 e. The monoisotopic (exact) mass is 700 g/mol. The summed E-state index contributed by atoms with van der Waals surface area (Å²) in [5, 5.41) is 2.66. The van der Waals surface area contributed by atoms with E-state index in [9.17, 15) is 0 Å². The van der Waals surface area contributed by atoms with Gasteiger partial charge in [0, 0.05) is 39.4 Å². The predicted molar refractivity (Wildman–Crippen MR) is 229 cm³/mol. The van der Waals surface area contributed by atoms with Crippen LogP contribution in [0.4, 0.5) is 0 Å². The van der Waals surface area contributed by atoms with Crippen LogP contribution in [0, 0.1) is 5.92 Å². The lowest BCUT2D eigenvalue weighted by Gasteiger charge is -2.31. The first-order valence-corrected chi connectivity index (χ1v) is 20.1. The van der Waals surface area contributed by atoms with Crippen molar-refractivity contribution >= 4 is 38.8 Å². The second-order valence-electron chi connectivity index (χ2n) is 16.3. The number of allylic oxidation sites excluding steroid dienone is 7. The van der Waals surface area contributed by atoms with Crippen LogP contribution in [-0.4, -0.2) is 10.3 Å². The molecular formula is C52H48N2. The minimum Gasteiger partial charge on any atom is -0.313 e. The molecule has 0 bridgehead atoms. The Hall–Kier alpha value is -5.47. The highest BCUT2D eigenvalue weighted by Crippen LogP contribution is 2.52. The molecule has 0 saturated carbocycles. The minimum atomic E-state index is -0.0486. The van der Waals surface area contributed by atoms with E-state index in [1.54, 1.807) is 0 Å². The van der Waals surface area contributed by atoms with E-state index >= 15 is 0 Å². The third-order valence-electron chi connectivity index (χ3n) is 13.0. The lowest BCUT2D eigenvalue weighted by atomic mass is 9.82. The molecule has 2 heterocycles. The maximum Gasteiger partial charge on any atom is 0.0835 e. The summed E-state index contributed by atoms with van der Waals surface area (Å²) in [5.74, 6) is 0.483. The van der Waals surface area contributed by atoms with Crippen molar-refractivity contribution in [3.63, 3.8) is 0 Å². The molecule has 266 valence electrons. The number of hydrogen-bond donors (Lipinski definition) is 0. The summed E-state index contributed by atoms with van der Waals surface area (Å²) in [7, 11) is 0. The van der Waals surface area contributed by atoms with Crippen molar-refractivity contribution < 1.29 is 0 Å². The van der Waals surface area contributed by atoms with Crippen molar-refractivity contribution in [2.75, 3.05) is 0 Å². The van der Waals surface area contributed by atoms with Crippen molar-refractivity contribution in [3.8, 4) is 11.1 Å². The van der Waals surface area contributed by atoms with E-state index in [0.717, 1.165) is 32.1 Å². The van der Waals surface area contributed by atoms with Crippen LogP contribution in [-0.2, 0) is 5.41 Å². The number of para-hydroxylation sites is 1. The van der Waals surface area contributed by atoms with Gasteiger partial charge in [-0.05, 0) is 106 Å². The fraction of sp³-hybridized carbons (Fsp3) is 0.250. The van der Waals surface area contributed by atoms with E-state index in [-0.39, 0.29) is 17.4 Å². The van der Waals surface area contributed by atoms with Crippen LogP contribution < -0.4 is 0 Å². The zero-order valence-corrected chi connectivity index (χ0v) is 31.9. The lowest BCUT2D eigenvalue weighted by Crippen LogP contribution is -2.21. The molecular weight excluding hydrogens is 653 g/mol. The largest absolute Gasteiger partial charge is 0.313 e. The molecule has 5 aromatic carbocycles. The van der Waals surface area contributed by atoms with Crippen LogP contribution in [0.5, 0.6) is 0 Å². The third kappa shape index (κ3) is 5.03. The number of fused-ring (bicyclic) bond motifs is 8. The van der Waals surface area contributed by atoms with E-state index in [0.29, 0.717) is 5.92 Å². The van der Waals surface area contributed by atoms with Gasteiger partial charge in [-0.1, -0.05) is 149 Å². The highest BCUT2D eigenvalue weighted by Gasteiger charge is 2.37. The molecule has 6 aromatic rings. The van der Waals surface area contributed by atoms with Gasteiger partial charge in [-0.2, -0.15) is 0 Å². The first-order chi connectivity index (χ1) is 26.4. The highest BCUT2D eigenvalue weighted by atomic mass is 15.0. The molecule has 10 rings (SSSR count). The number of hydrogen-bond acceptors (Lipinski definition) is 1. The maximum absolute atomic E-state index is 5.94. The number of aliphatic imine (C=N–C) groups is 1. The quantitative estimate of drug-likeness (QED) is 0.174. The molecule has 2 heteroatoms. The SMILES string of the molecule is CCC1/C(n2c3ccccc3c3cc4c(cc32)-c2ccccc2C4(C)C)=C\CC/C(c2cccc3c2[C@@H](C)C=CC2=C3CCC=C2)=N\C1c1ccccc1. The van der Waals surface area contributed by atoms with Gasteiger partial charge in [-0.25, -0.2) is 0 Å². The van der Waals surface area contributed by atoms with E-state index in [1.807, 2.05) is 0 Å². The Balaban J connectivity index is 1.17. The Bertz CT molecular complexity index is 2640. The van der Waals surface area contributed by atoms with Crippen molar-refractivity contribution in [1.29, 1.82) is 0 Å².